The summed E-state index contributed by atoms with van der Waals surface area (Å²) in [6.07, 6.45) is 0. The summed E-state index contributed by atoms with van der Waals surface area (Å²) in [6.45, 7) is 1.78. The average Bonchev–Trinajstić information content (AvgIpc) is 2.79. The summed E-state index contributed by atoms with van der Waals surface area (Å²) in [5, 5.41) is 22.0. The summed E-state index contributed by atoms with van der Waals surface area (Å²) in [6, 6.07) is 25.3. The van der Waals surface area contributed by atoms with Gasteiger partial charge < -0.3 is 10.2 Å². The largest absolute Gasteiger partial charge is 0.504 e. The van der Waals surface area contributed by atoms with Gasteiger partial charge in [-0.25, -0.2) is 0 Å². The number of hydrogen-bond acceptors (Lipinski definition) is 3. The zero-order chi connectivity index (χ0) is 19.0. The monoisotopic (exact) mass is 354 g/mol. The van der Waals surface area contributed by atoms with Crippen LogP contribution in [-0.4, -0.2) is 10.2 Å². The second-order valence-corrected chi connectivity index (χ2v) is 6.62. The van der Waals surface area contributed by atoms with Crippen molar-refractivity contribution in [3.8, 4) is 33.8 Å². The Morgan fingerprint density at radius 1 is 0.667 bits per heavy atom. The molecule has 0 aromatic heterocycles. The highest BCUT2D eigenvalue weighted by atomic mass is 16.3. The molecule has 27 heavy (non-hydrogen) atoms. The third-order valence-electron chi connectivity index (χ3n) is 4.81. The zero-order valence-electron chi connectivity index (χ0n) is 14.8. The second kappa shape index (κ2) is 6.61. The molecule has 0 saturated heterocycles. The fourth-order valence-electron chi connectivity index (χ4n) is 3.31. The van der Waals surface area contributed by atoms with Crippen molar-refractivity contribution in [2.45, 2.75) is 6.92 Å². The van der Waals surface area contributed by atoms with Gasteiger partial charge in [0.05, 0.1) is 0 Å². The predicted molar refractivity (Wildman–Crippen MR) is 109 cm³/mol. The summed E-state index contributed by atoms with van der Waals surface area (Å²) in [5.41, 5.74) is 3.87. The van der Waals surface area contributed by atoms with Gasteiger partial charge in [0.15, 0.2) is 5.75 Å². The van der Waals surface area contributed by atoms with E-state index < -0.39 is 16.9 Å². The van der Waals surface area contributed by atoms with Crippen LogP contribution < -0.4 is 5.43 Å². The molecule has 0 saturated carbocycles. The maximum atomic E-state index is 11.8. The molecule has 0 fully saturated rings. The quantitative estimate of drug-likeness (QED) is 0.517. The predicted octanol–water partition coefficient (Wildman–Crippen LogP) is 5.25. The van der Waals surface area contributed by atoms with E-state index in [1.807, 2.05) is 36.4 Å². The number of benzene rings is 3. The Morgan fingerprint density at radius 2 is 1.30 bits per heavy atom. The van der Waals surface area contributed by atoms with Crippen molar-refractivity contribution < 1.29 is 10.2 Å². The second-order valence-electron chi connectivity index (χ2n) is 6.62. The lowest BCUT2D eigenvalue weighted by Crippen LogP contribution is -1.94. The van der Waals surface area contributed by atoms with Crippen molar-refractivity contribution in [2.75, 3.05) is 0 Å². The van der Waals surface area contributed by atoms with Gasteiger partial charge in [-0.2, -0.15) is 0 Å². The number of aromatic hydroxyl groups is 2. The molecule has 4 rings (SSSR count). The molecule has 3 heteroatoms. The number of hydrogen-bond donors (Lipinski definition) is 2. The van der Waals surface area contributed by atoms with Gasteiger partial charge >= 0.3 is 0 Å². The summed E-state index contributed by atoms with van der Waals surface area (Å²) in [7, 11) is 0. The molecule has 0 aliphatic rings. The van der Waals surface area contributed by atoms with E-state index in [0.717, 1.165) is 16.7 Å². The Hall–Kier alpha value is -3.59. The number of rotatable bonds is 2. The van der Waals surface area contributed by atoms with E-state index in [9.17, 15) is 15.0 Å². The number of fused-ring (bicyclic) bond motifs is 1. The van der Waals surface area contributed by atoms with Crippen LogP contribution in [0.2, 0.25) is 0 Å². The fourth-order valence-corrected chi connectivity index (χ4v) is 3.31. The van der Waals surface area contributed by atoms with Gasteiger partial charge in [0.25, 0.3) is 0 Å². The van der Waals surface area contributed by atoms with Crippen molar-refractivity contribution in [2.24, 2.45) is 0 Å². The highest BCUT2D eigenvalue weighted by Crippen LogP contribution is 2.31. The summed E-state index contributed by atoms with van der Waals surface area (Å²) < 4.78 is 0. The Balaban J connectivity index is 1.77. The molecule has 2 N–H and O–H groups in total. The molecule has 0 bridgehead atoms. The molecular weight excluding hydrogens is 336 g/mol. The molecule has 0 amide bonds. The standard InChI is InChI=1S/C24H18O3/c1-15-12-22(25)24(27)23(26)14-21(15)18-9-6-17(7-10-18)20-11-8-16-4-2-3-5-19(16)13-20/h2-14H,1H3,(H2,25,26,27). The molecule has 0 radical (unpaired) electrons. The first-order valence-electron chi connectivity index (χ1n) is 8.69. The Morgan fingerprint density at radius 3 is 2.04 bits per heavy atom. The first-order valence-corrected chi connectivity index (χ1v) is 8.69. The Kier molecular flexibility index (Phi) is 4.13. The van der Waals surface area contributed by atoms with Crippen LogP contribution in [0.5, 0.6) is 11.5 Å². The van der Waals surface area contributed by atoms with Crippen LogP contribution in [0.1, 0.15) is 5.56 Å². The Bertz CT molecular complexity index is 1210. The van der Waals surface area contributed by atoms with Gasteiger partial charge in [0.1, 0.15) is 0 Å². The van der Waals surface area contributed by atoms with Gasteiger partial charge in [0.2, 0.25) is 11.2 Å². The molecule has 0 aliphatic heterocycles. The van der Waals surface area contributed by atoms with Crippen molar-refractivity contribution in [1.82, 2.24) is 0 Å². The SMILES string of the molecule is Cc1cc(=O)c(O)c(O)cc1-c1ccc(-c2ccc3ccccc3c2)cc1. The lowest BCUT2D eigenvalue weighted by Gasteiger charge is -2.07. The lowest BCUT2D eigenvalue weighted by molar-refractivity contribution is 0.402. The minimum atomic E-state index is -0.628. The van der Waals surface area contributed by atoms with Crippen LogP contribution in [0.4, 0.5) is 0 Å². The van der Waals surface area contributed by atoms with E-state index in [1.165, 1.54) is 22.9 Å². The van der Waals surface area contributed by atoms with Gasteiger partial charge in [-0.1, -0.05) is 60.7 Å². The molecule has 0 spiro atoms. The van der Waals surface area contributed by atoms with Crippen LogP contribution >= 0.6 is 0 Å². The smallest absolute Gasteiger partial charge is 0.224 e. The van der Waals surface area contributed by atoms with Crippen molar-refractivity contribution in [3.05, 3.63) is 94.6 Å². The van der Waals surface area contributed by atoms with E-state index >= 15 is 0 Å². The van der Waals surface area contributed by atoms with Crippen molar-refractivity contribution in [1.29, 1.82) is 0 Å². The molecule has 0 atom stereocenters. The normalized spacial score (nSPS) is 10.9. The van der Waals surface area contributed by atoms with Crippen LogP contribution in [0, 0.1) is 6.92 Å². The van der Waals surface area contributed by atoms with E-state index in [2.05, 4.69) is 30.3 Å². The minimum Gasteiger partial charge on any atom is -0.504 e. The van der Waals surface area contributed by atoms with E-state index in [1.54, 1.807) is 6.92 Å². The third kappa shape index (κ3) is 3.15. The molecule has 4 aromatic carbocycles. The third-order valence-corrected chi connectivity index (χ3v) is 4.81. The van der Waals surface area contributed by atoms with Gasteiger partial charge in [0, 0.05) is 0 Å². The van der Waals surface area contributed by atoms with E-state index in [-0.39, 0.29) is 0 Å². The van der Waals surface area contributed by atoms with Crippen molar-refractivity contribution >= 4 is 10.8 Å². The van der Waals surface area contributed by atoms with Gasteiger partial charge in [-0.15, -0.1) is 0 Å². The summed E-state index contributed by atoms with van der Waals surface area (Å²) >= 11 is 0. The van der Waals surface area contributed by atoms with E-state index in [0.29, 0.717) is 11.1 Å². The maximum Gasteiger partial charge on any atom is 0.224 e. The van der Waals surface area contributed by atoms with Crippen LogP contribution in [0.3, 0.4) is 0 Å². The molecule has 0 unspecified atom stereocenters. The molecule has 0 heterocycles. The minimum absolute atomic E-state index is 0.415. The molecule has 4 aromatic rings. The zero-order valence-corrected chi connectivity index (χ0v) is 14.8. The van der Waals surface area contributed by atoms with Crippen LogP contribution in [-0.2, 0) is 0 Å². The van der Waals surface area contributed by atoms with E-state index in [4.69, 9.17) is 0 Å². The molecule has 3 nitrogen and oxygen atoms in total. The lowest BCUT2D eigenvalue weighted by atomic mass is 9.97. The van der Waals surface area contributed by atoms with Gasteiger partial charge in [-0.05, 0) is 63.7 Å². The highest BCUT2D eigenvalue weighted by molar-refractivity contribution is 5.87. The van der Waals surface area contributed by atoms with Gasteiger partial charge in [-0.3, -0.25) is 4.79 Å². The summed E-state index contributed by atoms with van der Waals surface area (Å²) in [5.74, 6) is -1.04. The van der Waals surface area contributed by atoms with Crippen LogP contribution in [0.25, 0.3) is 33.0 Å². The fraction of sp³-hybridized carbons (Fsp3) is 0.0417. The van der Waals surface area contributed by atoms with Crippen molar-refractivity contribution in [3.63, 3.8) is 0 Å². The average molecular weight is 354 g/mol. The molecular formula is C24H18O3. The maximum absolute atomic E-state index is 11.8. The highest BCUT2D eigenvalue weighted by Gasteiger charge is 2.09. The topological polar surface area (TPSA) is 57.5 Å². The molecule has 0 aliphatic carbocycles. The first-order chi connectivity index (χ1) is 13.0. The number of aryl methyl sites for hydroxylation is 1. The summed E-state index contributed by atoms with van der Waals surface area (Å²) in [4.78, 5) is 11.8. The first kappa shape index (κ1) is 16.9. The Labute approximate surface area is 156 Å². The molecule has 132 valence electrons. The van der Waals surface area contributed by atoms with Crippen LogP contribution in [0.15, 0.2) is 83.7 Å².